The maximum atomic E-state index is 11.6. The Morgan fingerprint density at radius 1 is 1.50 bits per heavy atom. The molecule has 2 nitrogen and oxygen atoms in total. The Labute approximate surface area is 62.2 Å². The fraction of sp³-hybridized carbons (Fsp3) is 0.250. The standard InChI is InChI=1S/C4HBrF3NO/c5-2-1-10-3(9-2)4(6,7)8/h1H. The Balaban J connectivity index is 2.96. The number of hydrogen-bond donors (Lipinski definition) is 0. The van der Waals surface area contributed by atoms with Crippen LogP contribution in [0.1, 0.15) is 5.89 Å². The molecule has 0 aromatic carbocycles. The highest BCUT2D eigenvalue weighted by molar-refractivity contribution is 9.10. The van der Waals surface area contributed by atoms with Crippen LogP contribution in [-0.2, 0) is 6.18 Å². The third kappa shape index (κ3) is 1.50. The van der Waals surface area contributed by atoms with Gasteiger partial charge < -0.3 is 4.42 Å². The Bertz CT molecular complexity index is 231. The third-order valence-corrected chi connectivity index (χ3v) is 1.08. The molecule has 0 saturated carbocycles. The molecule has 56 valence electrons. The first-order valence-electron chi connectivity index (χ1n) is 2.18. The van der Waals surface area contributed by atoms with Crippen molar-refractivity contribution in [3.63, 3.8) is 0 Å². The van der Waals surface area contributed by atoms with E-state index in [1.807, 2.05) is 0 Å². The van der Waals surface area contributed by atoms with Crippen LogP contribution in [-0.4, -0.2) is 4.98 Å². The van der Waals surface area contributed by atoms with E-state index in [0.29, 0.717) is 0 Å². The molecule has 1 aromatic rings. The van der Waals surface area contributed by atoms with Gasteiger partial charge in [-0.3, -0.25) is 0 Å². The average molecular weight is 216 g/mol. The summed E-state index contributed by atoms with van der Waals surface area (Å²) < 4.78 is 39.0. The van der Waals surface area contributed by atoms with E-state index in [2.05, 4.69) is 25.3 Å². The summed E-state index contributed by atoms with van der Waals surface area (Å²) in [5, 5.41) is 0. The highest BCUT2D eigenvalue weighted by Crippen LogP contribution is 2.28. The van der Waals surface area contributed by atoms with Gasteiger partial charge in [0, 0.05) is 0 Å². The minimum absolute atomic E-state index is 0.0415. The zero-order valence-corrected chi connectivity index (χ0v) is 6.03. The number of aromatic nitrogens is 1. The molecule has 10 heavy (non-hydrogen) atoms. The van der Waals surface area contributed by atoms with Crippen molar-refractivity contribution in [1.82, 2.24) is 4.98 Å². The normalized spacial score (nSPS) is 12.0. The van der Waals surface area contributed by atoms with E-state index in [1.54, 1.807) is 0 Å². The topological polar surface area (TPSA) is 26.0 Å². The second-order valence-corrected chi connectivity index (χ2v) is 2.29. The Kier molecular flexibility index (Phi) is 1.72. The zero-order chi connectivity index (χ0) is 7.78. The summed E-state index contributed by atoms with van der Waals surface area (Å²) in [5.74, 6) is -1.24. The van der Waals surface area contributed by atoms with Crippen LogP contribution < -0.4 is 0 Å². The lowest BCUT2D eigenvalue weighted by atomic mass is 10.7. The van der Waals surface area contributed by atoms with Crippen molar-refractivity contribution in [1.29, 1.82) is 0 Å². The molecule has 0 spiro atoms. The van der Waals surface area contributed by atoms with E-state index in [9.17, 15) is 13.2 Å². The van der Waals surface area contributed by atoms with Gasteiger partial charge in [0.05, 0.1) is 0 Å². The van der Waals surface area contributed by atoms with Gasteiger partial charge in [-0.05, 0) is 15.9 Å². The van der Waals surface area contributed by atoms with Crippen LogP contribution in [0.5, 0.6) is 0 Å². The van der Waals surface area contributed by atoms with E-state index in [1.165, 1.54) is 0 Å². The fourth-order valence-corrected chi connectivity index (χ4v) is 0.639. The number of rotatable bonds is 0. The van der Waals surface area contributed by atoms with Crippen molar-refractivity contribution in [2.75, 3.05) is 0 Å². The molecule has 1 aromatic heterocycles. The SMILES string of the molecule is FC(F)(F)c1nc(Br)co1. The first-order chi connectivity index (χ1) is 4.50. The average Bonchev–Trinajstić information content (AvgIpc) is 2.11. The molecule has 0 unspecified atom stereocenters. The number of nitrogens with zero attached hydrogens (tertiary/aromatic N) is 1. The van der Waals surface area contributed by atoms with Crippen LogP contribution in [0.2, 0.25) is 0 Å². The van der Waals surface area contributed by atoms with Gasteiger partial charge in [0.25, 0.3) is 0 Å². The summed E-state index contributed by atoms with van der Waals surface area (Å²) in [6.45, 7) is 0. The number of oxazole rings is 1. The van der Waals surface area contributed by atoms with E-state index >= 15 is 0 Å². The summed E-state index contributed by atoms with van der Waals surface area (Å²) in [7, 11) is 0. The van der Waals surface area contributed by atoms with Gasteiger partial charge in [-0.25, -0.2) is 0 Å². The van der Waals surface area contributed by atoms with Gasteiger partial charge in [0.1, 0.15) is 10.9 Å². The number of halogens is 4. The van der Waals surface area contributed by atoms with Crippen molar-refractivity contribution in [3.8, 4) is 0 Å². The van der Waals surface area contributed by atoms with E-state index < -0.39 is 12.1 Å². The quantitative estimate of drug-likeness (QED) is 0.665. The molecule has 0 atom stereocenters. The molecule has 6 heteroatoms. The van der Waals surface area contributed by atoms with Crippen molar-refractivity contribution in [2.24, 2.45) is 0 Å². The molecule has 0 aliphatic rings. The Hall–Kier alpha value is -0.520. The van der Waals surface area contributed by atoms with Gasteiger partial charge in [-0.15, -0.1) is 0 Å². The van der Waals surface area contributed by atoms with Crippen molar-refractivity contribution in [3.05, 3.63) is 16.8 Å². The Morgan fingerprint density at radius 2 is 2.10 bits per heavy atom. The lowest BCUT2D eigenvalue weighted by Crippen LogP contribution is -2.04. The van der Waals surface area contributed by atoms with Crippen LogP contribution in [0.4, 0.5) is 13.2 Å². The molecule has 0 radical (unpaired) electrons. The molecule has 0 saturated heterocycles. The van der Waals surface area contributed by atoms with Crippen molar-refractivity contribution < 1.29 is 17.6 Å². The molecule has 0 fully saturated rings. The molecular formula is C4HBrF3NO. The van der Waals surface area contributed by atoms with Gasteiger partial charge >= 0.3 is 12.1 Å². The van der Waals surface area contributed by atoms with Gasteiger partial charge in [0.15, 0.2) is 0 Å². The smallest absolute Gasteiger partial charge is 0.440 e. The third-order valence-electron chi connectivity index (χ3n) is 0.719. The summed E-state index contributed by atoms with van der Waals surface area (Å²) >= 11 is 2.72. The highest BCUT2D eigenvalue weighted by atomic mass is 79.9. The van der Waals surface area contributed by atoms with E-state index in [4.69, 9.17) is 0 Å². The van der Waals surface area contributed by atoms with Crippen LogP contribution >= 0.6 is 15.9 Å². The largest absolute Gasteiger partial charge is 0.468 e. The van der Waals surface area contributed by atoms with E-state index in [0.717, 1.165) is 6.26 Å². The summed E-state index contributed by atoms with van der Waals surface area (Å²) in [6, 6.07) is 0. The second kappa shape index (κ2) is 2.26. The lowest BCUT2D eigenvalue weighted by Gasteiger charge is -1.96. The van der Waals surface area contributed by atoms with Crippen molar-refractivity contribution >= 4 is 15.9 Å². The molecule has 0 amide bonds. The van der Waals surface area contributed by atoms with Gasteiger partial charge in [-0.1, -0.05) is 0 Å². The number of hydrogen-bond acceptors (Lipinski definition) is 2. The minimum atomic E-state index is -4.49. The van der Waals surface area contributed by atoms with Crippen molar-refractivity contribution in [2.45, 2.75) is 6.18 Å². The molecular weight excluding hydrogens is 215 g/mol. The molecule has 0 N–H and O–H groups in total. The maximum Gasteiger partial charge on any atom is 0.468 e. The summed E-state index contributed by atoms with van der Waals surface area (Å²) in [5.41, 5.74) is 0. The summed E-state index contributed by atoms with van der Waals surface area (Å²) in [6.07, 6.45) is -3.62. The van der Waals surface area contributed by atoms with Crippen LogP contribution in [0.3, 0.4) is 0 Å². The van der Waals surface area contributed by atoms with Crippen LogP contribution in [0, 0.1) is 0 Å². The maximum absolute atomic E-state index is 11.6. The highest BCUT2D eigenvalue weighted by Gasteiger charge is 2.36. The predicted octanol–water partition coefficient (Wildman–Crippen LogP) is 2.46. The molecule has 0 aliphatic heterocycles. The summed E-state index contributed by atoms with van der Waals surface area (Å²) in [4.78, 5) is 3.01. The first-order valence-corrected chi connectivity index (χ1v) is 2.97. The van der Waals surface area contributed by atoms with Crippen LogP contribution in [0.15, 0.2) is 15.3 Å². The minimum Gasteiger partial charge on any atom is -0.440 e. The van der Waals surface area contributed by atoms with Crippen LogP contribution in [0.25, 0.3) is 0 Å². The number of alkyl halides is 3. The van der Waals surface area contributed by atoms with Gasteiger partial charge in [-0.2, -0.15) is 18.2 Å². The molecule has 1 rings (SSSR count). The second-order valence-electron chi connectivity index (χ2n) is 1.47. The first kappa shape index (κ1) is 7.59. The predicted molar refractivity (Wildman–Crippen MR) is 29.2 cm³/mol. The Morgan fingerprint density at radius 3 is 2.30 bits per heavy atom. The molecule has 0 aliphatic carbocycles. The lowest BCUT2D eigenvalue weighted by molar-refractivity contribution is -0.157. The van der Waals surface area contributed by atoms with E-state index in [-0.39, 0.29) is 4.60 Å². The molecule has 1 heterocycles. The monoisotopic (exact) mass is 215 g/mol. The fourth-order valence-electron chi connectivity index (χ4n) is 0.384. The van der Waals surface area contributed by atoms with Gasteiger partial charge in [0.2, 0.25) is 0 Å². The zero-order valence-electron chi connectivity index (χ0n) is 4.44. The molecule has 0 bridgehead atoms.